The van der Waals surface area contributed by atoms with Crippen molar-refractivity contribution in [2.45, 2.75) is 0 Å². The molecule has 14 aromatic rings. The third kappa shape index (κ3) is 7.39. The molecule has 0 bridgehead atoms. The molecule has 0 unspecified atom stereocenters. The molecule has 0 aliphatic rings. The Morgan fingerprint density at radius 1 is 0.213 bits per heavy atom. The van der Waals surface area contributed by atoms with Gasteiger partial charge in [-0.15, -0.1) is 0 Å². The van der Waals surface area contributed by atoms with Gasteiger partial charge in [0.1, 0.15) is 0 Å². The van der Waals surface area contributed by atoms with E-state index in [1.54, 1.807) is 0 Å². The molecule has 2 aromatic heterocycles. The molecule has 0 atom stereocenters. The van der Waals surface area contributed by atoms with Crippen LogP contribution in [0.25, 0.3) is 99.5 Å². The Hall–Kier alpha value is -9.54. The van der Waals surface area contributed by atoms with Crippen molar-refractivity contribution in [1.82, 2.24) is 9.13 Å². The van der Waals surface area contributed by atoms with Crippen LogP contribution >= 0.6 is 0 Å². The second-order valence-electron chi connectivity index (χ2n) is 19.6. The van der Waals surface area contributed by atoms with Gasteiger partial charge < -0.3 is 9.13 Å². The van der Waals surface area contributed by atoms with E-state index in [0.29, 0.717) is 0 Å². The van der Waals surface area contributed by atoms with Crippen LogP contribution in [0.5, 0.6) is 0 Å². The Morgan fingerprint density at radius 2 is 0.627 bits per heavy atom. The van der Waals surface area contributed by atoms with Crippen molar-refractivity contribution in [2.75, 3.05) is 0 Å². The molecular formula is C72H50N2Si. The number of nitrogens with zero attached hydrogens (tertiary/aromatic N) is 2. The van der Waals surface area contributed by atoms with E-state index >= 15 is 0 Å². The molecule has 3 heteroatoms. The monoisotopic (exact) mass is 970 g/mol. The van der Waals surface area contributed by atoms with E-state index in [1.807, 2.05) is 0 Å². The van der Waals surface area contributed by atoms with Gasteiger partial charge in [0.2, 0.25) is 0 Å². The minimum Gasteiger partial charge on any atom is -0.309 e. The van der Waals surface area contributed by atoms with E-state index in [2.05, 4.69) is 312 Å². The van der Waals surface area contributed by atoms with E-state index in [9.17, 15) is 0 Å². The summed E-state index contributed by atoms with van der Waals surface area (Å²) in [4.78, 5) is 0. The van der Waals surface area contributed by atoms with Gasteiger partial charge in [0.15, 0.2) is 8.07 Å². The Labute approximate surface area is 438 Å². The zero-order valence-corrected chi connectivity index (χ0v) is 42.3. The fourth-order valence-electron chi connectivity index (χ4n) is 12.2. The van der Waals surface area contributed by atoms with E-state index < -0.39 is 8.07 Å². The minimum absolute atomic E-state index is 1.13. The lowest BCUT2D eigenvalue weighted by molar-refractivity contribution is 1.17. The van der Waals surface area contributed by atoms with E-state index in [4.69, 9.17) is 0 Å². The first-order chi connectivity index (χ1) is 37.2. The summed E-state index contributed by atoms with van der Waals surface area (Å²) in [6.45, 7) is 0. The average molecular weight is 971 g/mol. The van der Waals surface area contributed by atoms with Crippen LogP contribution < -0.4 is 20.7 Å². The second kappa shape index (κ2) is 18.5. The molecule has 0 aliphatic carbocycles. The number of hydrogen-bond donors (Lipinski definition) is 0. The fraction of sp³-hybridized carbons (Fsp3) is 0. The average Bonchev–Trinajstić information content (AvgIpc) is 4.04. The lowest BCUT2D eigenvalue weighted by Gasteiger charge is -2.35. The van der Waals surface area contributed by atoms with Crippen molar-refractivity contribution in [3.63, 3.8) is 0 Å². The fourth-order valence-corrected chi connectivity index (χ4v) is 17.0. The third-order valence-corrected chi connectivity index (χ3v) is 20.2. The summed E-state index contributed by atoms with van der Waals surface area (Å²) in [6.07, 6.45) is 0. The lowest BCUT2D eigenvalue weighted by atomic mass is 9.92. The van der Waals surface area contributed by atoms with Gasteiger partial charge in [0.05, 0.1) is 22.1 Å². The van der Waals surface area contributed by atoms with Gasteiger partial charge in [-0.3, -0.25) is 0 Å². The zero-order chi connectivity index (χ0) is 49.7. The number of para-hydroxylation sites is 2. The van der Waals surface area contributed by atoms with Crippen LogP contribution in [0.1, 0.15) is 0 Å². The Bertz CT molecular complexity index is 4320. The molecule has 0 amide bonds. The van der Waals surface area contributed by atoms with Gasteiger partial charge in [-0.2, -0.15) is 0 Å². The Morgan fingerprint density at radius 3 is 1.28 bits per heavy atom. The van der Waals surface area contributed by atoms with Gasteiger partial charge >= 0.3 is 0 Å². The minimum atomic E-state index is -3.07. The predicted octanol–water partition coefficient (Wildman–Crippen LogP) is 15.9. The van der Waals surface area contributed by atoms with Gasteiger partial charge in [0.25, 0.3) is 0 Å². The molecular weight excluding hydrogens is 921 g/mol. The van der Waals surface area contributed by atoms with Crippen molar-refractivity contribution in [2.24, 2.45) is 0 Å². The second-order valence-corrected chi connectivity index (χ2v) is 23.4. The molecule has 0 spiro atoms. The van der Waals surface area contributed by atoms with Gasteiger partial charge in [-0.1, -0.05) is 255 Å². The van der Waals surface area contributed by atoms with Crippen molar-refractivity contribution < 1.29 is 0 Å². The Balaban J connectivity index is 0.982. The Kier molecular flexibility index (Phi) is 10.9. The van der Waals surface area contributed by atoms with Crippen LogP contribution in [-0.4, -0.2) is 17.2 Å². The largest absolute Gasteiger partial charge is 0.309 e. The van der Waals surface area contributed by atoms with E-state index in [1.165, 1.54) is 109 Å². The van der Waals surface area contributed by atoms with Crippen LogP contribution in [0.15, 0.2) is 303 Å². The number of rotatable bonds is 10. The van der Waals surface area contributed by atoms with Gasteiger partial charge in [-0.05, 0) is 114 Å². The molecule has 0 saturated heterocycles. The number of benzene rings is 12. The molecule has 12 aromatic carbocycles. The van der Waals surface area contributed by atoms with E-state index in [0.717, 1.165) is 11.4 Å². The summed E-state index contributed by atoms with van der Waals surface area (Å²) in [7, 11) is -3.07. The summed E-state index contributed by atoms with van der Waals surface area (Å²) in [5.74, 6) is 0. The normalized spacial score (nSPS) is 11.7. The maximum Gasteiger partial charge on any atom is 0.179 e. The van der Waals surface area contributed by atoms with Crippen LogP contribution in [0, 0.1) is 0 Å². The van der Waals surface area contributed by atoms with Crippen molar-refractivity contribution in [3.8, 4) is 55.9 Å². The van der Waals surface area contributed by atoms with Crippen LogP contribution in [0.4, 0.5) is 0 Å². The van der Waals surface area contributed by atoms with Crippen LogP contribution in [0.3, 0.4) is 0 Å². The molecule has 0 saturated carbocycles. The molecule has 352 valence electrons. The highest BCUT2D eigenvalue weighted by molar-refractivity contribution is 7.20. The van der Waals surface area contributed by atoms with Crippen molar-refractivity contribution >= 4 is 72.4 Å². The third-order valence-electron chi connectivity index (χ3n) is 15.5. The van der Waals surface area contributed by atoms with Crippen LogP contribution in [0.2, 0.25) is 0 Å². The first kappa shape index (κ1) is 44.2. The molecule has 0 aliphatic heterocycles. The number of hydrogen-bond acceptors (Lipinski definition) is 0. The SMILES string of the molecule is c1ccc(-c2cccc([Si](c3ccccc3)(c3cccc(-c4ccccc4)c3)c3cccc(-n4c5ccccc5c5cc(-n6c7ccccc7c7c(-c8ccccc8-c8ccccc8)cccc76)ccc54)c3)c2)cc1. The number of fused-ring (bicyclic) bond motifs is 6. The van der Waals surface area contributed by atoms with Crippen molar-refractivity contribution in [3.05, 3.63) is 303 Å². The molecule has 0 radical (unpaired) electrons. The summed E-state index contributed by atoms with van der Waals surface area (Å²) >= 11 is 0. The van der Waals surface area contributed by atoms with Crippen molar-refractivity contribution in [1.29, 1.82) is 0 Å². The highest BCUT2D eigenvalue weighted by Gasteiger charge is 2.42. The summed E-state index contributed by atoms with van der Waals surface area (Å²) in [6, 6.07) is 113. The summed E-state index contributed by atoms with van der Waals surface area (Å²) < 4.78 is 4.96. The predicted molar refractivity (Wildman–Crippen MR) is 320 cm³/mol. The lowest BCUT2D eigenvalue weighted by Crippen LogP contribution is -2.74. The smallest absolute Gasteiger partial charge is 0.179 e. The van der Waals surface area contributed by atoms with Gasteiger partial charge in [-0.25, -0.2) is 0 Å². The number of aromatic nitrogens is 2. The summed E-state index contributed by atoms with van der Waals surface area (Å²) in [5.41, 5.74) is 16.7. The zero-order valence-electron chi connectivity index (χ0n) is 41.3. The van der Waals surface area contributed by atoms with Crippen LogP contribution in [-0.2, 0) is 0 Å². The molecule has 14 rings (SSSR count). The first-order valence-corrected chi connectivity index (χ1v) is 27.9. The van der Waals surface area contributed by atoms with Gasteiger partial charge in [0, 0.05) is 32.9 Å². The van der Waals surface area contributed by atoms with E-state index in [-0.39, 0.29) is 0 Å². The first-order valence-electron chi connectivity index (χ1n) is 25.9. The quantitative estimate of drug-likeness (QED) is 0.0955. The molecule has 75 heavy (non-hydrogen) atoms. The molecule has 0 N–H and O–H groups in total. The molecule has 2 heterocycles. The maximum absolute atomic E-state index is 3.07. The summed E-state index contributed by atoms with van der Waals surface area (Å²) in [5, 5.41) is 10.2. The molecule has 0 fully saturated rings. The standard InChI is InChI=1S/C72H50N2Si/c1-5-23-51(24-6-1)54-29-19-34-59(47-54)75(58-32-11-4-12-33-58,60-35-20-30-55(48-60)52-25-7-2-8-26-52)61-36-21-31-56(49-61)73-68-42-17-15-39-64(68)67-50-57(45-46-70(67)73)74-69-43-18-16-40-66(69)72-65(41-22-44-71(72)74)63-38-14-13-37-62(63)53-27-9-3-10-28-53/h1-50H. The highest BCUT2D eigenvalue weighted by atomic mass is 28.3. The molecule has 2 nitrogen and oxygen atoms in total. The topological polar surface area (TPSA) is 9.86 Å². The highest BCUT2D eigenvalue weighted by Crippen LogP contribution is 2.43. The maximum atomic E-state index is 2.51.